The van der Waals surface area contributed by atoms with Crippen LogP contribution in [0.25, 0.3) is 0 Å². The molecular weight excluding hydrogens is 381 g/mol. The third-order valence-corrected chi connectivity index (χ3v) is 5.48. The molecule has 1 amide bonds. The van der Waals surface area contributed by atoms with E-state index in [1.807, 2.05) is 23.1 Å². The minimum absolute atomic E-state index is 0.158. The molecule has 0 aromatic heterocycles. The number of halogens is 1. The van der Waals surface area contributed by atoms with Crippen molar-refractivity contribution in [3.63, 3.8) is 0 Å². The number of ether oxygens (including phenoxy) is 2. The molecule has 1 aliphatic carbocycles. The maximum atomic E-state index is 12.3. The van der Waals surface area contributed by atoms with Crippen LogP contribution in [0, 0.1) is 3.57 Å². The standard InChI is InChI=1S/C16H16INO3/c17-12-7-15-14(20-9-21-15)5-11(12)8-18-13-4-2-1-3-10(13)6-16(18)19/h5-7,13H,1-4,8-9H2. The minimum Gasteiger partial charge on any atom is -0.454 e. The number of carbonyl (C=O) groups excluding carboxylic acids is 1. The molecule has 4 rings (SSSR count). The highest BCUT2D eigenvalue weighted by atomic mass is 127. The number of hydrogen-bond donors (Lipinski definition) is 0. The summed E-state index contributed by atoms with van der Waals surface area (Å²) in [5.74, 6) is 1.74. The Hall–Kier alpha value is -1.24. The van der Waals surface area contributed by atoms with Crippen molar-refractivity contribution < 1.29 is 14.3 Å². The van der Waals surface area contributed by atoms with Crippen LogP contribution in [-0.2, 0) is 11.3 Å². The van der Waals surface area contributed by atoms with Crippen molar-refractivity contribution in [2.75, 3.05) is 6.79 Å². The first-order chi connectivity index (χ1) is 10.2. The lowest BCUT2D eigenvalue weighted by molar-refractivity contribution is -0.126. The van der Waals surface area contributed by atoms with E-state index in [1.54, 1.807) is 0 Å². The van der Waals surface area contributed by atoms with Crippen molar-refractivity contribution in [2.45, 2.75) is 38.3 Å². The monoisotopic (exact) mass is 397 g/mol. The molecule has 2 aliphatic heterocycles. The van der Waals surface area contributed by atoms with E-state index in [0.717, 1.165) is 33.5 Å². The minimum atomic E-state index is 0.158. The number of carbonyl (C=O) groups is 1. The van der Waals surface area contributed by atoms with E-state index in [1.165, 1.54) is 18.4 Å². The summed E-state index contributed by atoms with van der Waals surface area (Å²) in [7, 11) is 0. The van der Waals surface area contributed by atoms with E-state index in [2.05, 4.69) is 22.6 Å². The zero-order valence-electron chi connectivity index (χ0n) is 11.6. The van der Waals surface area contributed by atoms with Gasteiger partial charge < -0.3 is 14.4 Å². The Morgan fingerprint density at radius 2 is 2.05 bits per heavy atom. The molecule has 1 atom stereocenters. The van der Waals surface area contributed by atoms with Gasteiger partial charge in [-0.1, -0.05) is 6.42 Å². The molecule has 0 spiro atoms. The highest BCUT2D eigenvalue weighted by Crippen LogP contribution is 2.38. The first-order valence-corrected chi connectivity index (χ1v) is 8.39. The molecule has 4 nitrogen and oxygen atoms in total. The second-order valence-corrected chi connectivity index (χ2v) is 6.91. The zero-order chi connectivity index (χ0) is 14.4. The summed E-state index contributed by atoms with van der Waals surface area (Å²) >= 11 is 2.30. The van der Waals surface area contributed by atoms with Crippen molar-refractivity contribution in [1.29, 1.82) is 0 Å². The Kier molecular flexibility index (Phi) is 3.32. The molecule has 3 aliphatic rings. The number of amides is 1. The van der Waals surface area contributed by atoms with Crippen LogP contribution in [0.15, 0.2) is 23.8 Å². The number of nitrogens with zero attached hydrogens (tertiary/aromatic N) is 1. The van der Waals surface area contributed by atoms with Crippen LogP contribution in [-0.4, -0.2) is 23.6 Å². The summed E-state index contributed by atoms with van der Waals surface area (Å²) in [4.78, 5) is 14.3. The van der Waals surface area contributed by atoms with E-state index in [0.29, 0.717) is 12.6 Å². The van der Waals surface area contributed by atoms with Crippen LogP contribution in [0.4, 0.5) is 0 Å². The normalized spacial score (nSPS) is 23.3. The smallest absolute Gasteiger partial charge is 0.247 e. The van der Waals surface area contributed by atoms with E-state index in [4.69, 9.17) is 9.47 Å². The largest absolute Gasteiger partial charge is 0.454 e. The Balaban J connectivity index is 1.60. The van der Waals surface area contributed by atoms with Gasteiger partial charge >= 0.3 is 0 Å². The second-order valence-electron chi connectivity index (χ2n) is 5.74. The summed E-state index contributed by atoms with van der Waals surface area (Å²) in [6, 6.07) is 4.32. The van der Waals surface area contributed by atoms with Gasteiger partial charge in [-0.25, -0.2) is 0 Å². The fraction of sp³-hybridized carbons (Fsp3) is 0.438. The maximum Gasteiger partial charge on any atom is 0.247 e. The van der Waals surface area contributed by atoms with E-state index >= 15 is 0 Å². The van der Waals surface area contributed by atoms with Gasteiger partial charge in [0.1, 0.15) is 0 Å². The third-order valence-electron chi connectivity index (χ3n) is 4.47. The van der Waals surface area contributed by atoms with Gasteiger partial charge in [0.15, 0.2) is 11.5 Å². The van der Waals surface area contributed by atoms with Gasteiger partial charge in [-0.3, -0.25) is 4.79 Å². The van der Waals surface area contributed by atoms with Gasteiger partial charge in [-0.2, -0.15) is 0 Å². The lowest BCUT2D eigenvalue weighted by atomic mass is 9.91. The van der Waals surface area contributed by atoms with E-state index in [9.17, 15) is 4.79 Å². The van der Waals surface area contributed by atoms with Crippen LogP contribution in [0.1, 0.15) is 31.2 Å². The fourth-order valence-corrected chi connectivity index (χ4v) is 4.00. The highest BCUT2D eigenvalue weighted by molar-refractivity contribution is 14.1. The molecule has 0 bridgehead atoms. The lowest BCUT2D eigenvalue weighted by Gasteiger charge is -2.30. The molecule has 1 fully saturated rings. The van der Waals surface area contributed by atoms with Crippen molar-refractivity contribution >= 4 is 28.5 Å². The Labute approximate surface area is 137 Å². The van der Waals surface area contributed by atoms with Crippen LogP contribution in [0.3, 0.4) is 0 Å². The van der Waals surface area contributed by atoms with Gasteiger partial charge in [0.05, 0.1) is 6.04 Å². The molecule has 0 N–H and O–H groups in total. The van der Waals surface area contributed by atoms with Crippen LogP contribution >= 0.6 is 22.6 Å². The van der Waals surface area contributed by atoms with Gasteiger partial charge in [0.25, 0.3) is 0 Å². The lowest BCUT2D eigenvalue weighted by Crippen LogP contribution is -2.36. The summed E-state index contributed by atoms with van der Waals surface area (Å²) in [5, 5.41) is 0. The van der Waals surface area contributed by atoms with Crippen molar-refractivity contribution in [2.24, 2.45) is 0 Å². The molecule has 2 heterocycles. The SMILES string of the molecule is O=C1C=C2CCCCC2N1Cc1cc2c(cc1I)OCO2. The molecule has 5 heteroatoms. The van der Waals surface area contributed by atoms with E-state index in [-0.39, 0.29) is 12.7 Å². The van der Waals surface area contributed by atoms with Gasteiger partial charge in [-0.15, -0.1) is 0 Å². The van der Waals surface area contributed by atoms with Gasteiger partial charge in [-0.05, 0) is 65.1 Å². The third kappa shape index (κ3) is 2.31. The average Bonchev–Trinajstić information content (AvgIpc) is 3.04. The summed E-state index contributed by atoms with van der Waals surface area (Å²) in [5.41, 5.74) is 2.45. The first-order valence-electron chi connectivity index (χ1n) is 7.31. The molecule has 21 heavy (non-hydrogen) atoms. The number of benzene rings is 1. The molecule has 110 valence electrons. The van der Waals surface area contributed by atoms with Crippen molar-refractivity contribution in [3.8, 4) is 11.5 Å². The van der Waals surface area contributed by atoms with Gasteiger partial charge in [0.2, 0.25) is 12.7 Å². The molecule has 0 radical (unpaired) electrons. The van der Waals surface area contributed by atoms with Crippen LogP contribution in [0.5, 0.6) is 11.5 Å². The average molecular weight is 397 g/mol. The van der Waals surface area contributed by atoms with Crippen LogP contribution < -0.4 is 9.47 Å². The summed E-state index contributed by atoms with van der Waals surface area (Å²) in [6.45, 7) is 0.935. The number of hydrogen-bond acceptors (Lipinski definition) is 3. The van der Waals surface area contributed by atoms with Crippen molar-refractivity contribution in [1.82, 2.24) is 4.90 Å². The maximum absolute atomic E-state index is 12.3. The second kappa shape index (κ2) is 5.19. The zero-order valence-corrected chi connectivity index (χ0v) is 13.8. The Bertz CT molecular complexity index is 641. The summed E-state index contributed by atoms with van der Waals surface area (Å²) < 4.78 is 12.0. The van der Waals surface area contributed by atoms with Crippen molar-refractivity contribution in [3.05, 3.63) is 32.9 Å². The van der Waals surface area contributed by atoms with Gasteiger partial charge in [0, 0.05) is 16.2 Å². The Morgan fingerprint density at radius 3 is 2.90 bits per heavy atom. The molecule has 1 unspecified atom stereocenters. The Morgan fingerprint density at radius 1 is 1.24 bits per heavy atom. The first kappa shape index (κ1) is 13.4. The quantitative estimate of drug-likeness (QED) is 0.720. The molecule has 1 aromatic rings. The summed E-state index contributed by atoms with van der Waals surface area (Å²) in [6.07, 6.45) is 6.45. The number of rotatable bonds is 2. The predicted molar refractivity (Wildman–Crippen MR) is 86.2 cm³/mol. The fourth-order valence-electron chi connectivity index (χ4n) is 3.39. The predicted octanol–water partition coefficient (Wildman–Crippen LogP) is 3.23. The molecule has 1 saturated carbocycles. The van der Waals surface area contributed by atoms with E-state index < -0.39 is 0 Å². The topological polar surface area (TPSA) is 38.8 Å². The van der Waals surface area contributed by atoms with Crippen LogP contribution in [0.2, 0.25) is 0 Å². The molecular formula is C16H16INO3. The highest BCUT2D eigenvalue weighted by Gasteiger charge is 2.34. The number of fused-ring (bicyclic) bond motifs is 2. The molecule has 0 saturated heterocycles. The molecule has 1 aromatic carbocycles.